The molecule has 3 N–H and O–H groups in total. The molecule has 0 amide bonds. The van der Waals surface area contributed by atoms with E-state index in [1.807, 2.05) is 33.8 Å². The highest BCUT2D eigenvalue weighted by Crippen LogP contribution is 2.37. The van der Waals surface area contributed by atoms with Crippen LogP contribution in [0.3, 0.4) is 0 Å². The molecule has 3 nitrogen and oxygen atoms in total. The minimum Gasteiger partial charge on any atom is -0.481 e. The Morgan fingerprint density at radius 3 is 2.00 bits per heavy atom. The second kappa shape index (κ2) is 6.92. The summed E-state index contributed by atoms with van der Waals surface area (Å²) in [7, 11) is 0. The highest BCUT2D eigenvalue weighted by molar-refractivity contribution is 5.75. The van der Waals surface area contributed by atoms with Gasteiger partial charge in [-0.05, 0) is 74.1 Å². The highest BCUT2D eigenvalue weighted by atomic mass is 19.1. The zero-order valence-corrected chi connectivity index (χ0v) is 15.1. The van der Waals surface area contributed by atoms with E-state index in [4.69, 9.17) is 10.8 Å². The number of aryl methyl sites for hydroxylation is 3. The predicted molar refractivity (Wildman–Crippen MR) is 94.7 cm³/mol. The fraction of sp³-hybridized carbons (Fsp3) is 0.350. The van der Waals surface area contributed by atoms with Crippen LogP contribution in [0.25, 0.3) is 11.1 Å². The fourth-order valence-corrected chi connectivity index (χ4v) is 3.22. The molecule has 0 heterocycles. The second-order valence-corrected chi connectivity index (χ2v) is 6.62. The van der Waals surface area contributed by atoms with Crippen molar-refractivity contribution in [3.8, 4) is 11.1 Å². The van der Waals surface area contributed by atoms with Crippen molar-refractivity contribution in [3.63, 3.8) is 0 Å². The quantitative estimate of drug-likeness (QED) is 0.846. The first-order chi connectivity index (χ1) is 11.6. The third-order valence-electron chi connectivity index (χ3n) is 4.82. The topological polar surface area (TPSA) is 63.3 Å². The molecule has 25 heavy (non-hydrogen) atoms. The Hall–Kier alpha value is -2.27. The Kier molecular flexibility index (Phi) is 5.28. The van der Waals surface area contributed by atoms with Crippen LogP contribution < -0.4 is 5.73 Å². The average molecular weight is 347 g/mol. The number of carboxylic acids is 1. The molecule has 2 aromatic rings. The first-order valence-electron chi connectivity index (χ1n) is 8.09. The Bertz CT molecular complexity index is 834. The largest absolute Gasteiger partial charge is 0.481 e. The molecule has 0 saturated heterocycles. The van der Waals surface area contributed by atoms with E-state index in [9.17, 15) is 9.18 Å². The molecule has 2 rings (SSSR count). The third-order valence-corrected chi connectivity index (χ3v) is 4.82. The Morgan fingerprint density at radius 2 is 1.52 bits per heavy atom. The molecule has 2 aromatic carbocycles. The van der Waals surface area contributed by atoms with Gasteiger partial charge in [0.05, 0.1) is 6.42 Å². The molecule has 0 radical (unpaired) electrons. The van der Waals surface area contributed by atoms with E-state index in [1.165, 1.54) is 13.0 Å². The number of benzene rings is 2. The summed E-state index contributed by atoms with van der Waals surface area (Å²) in [6, 6.07) is 2.25. The first kappa shape index (κ1) is 19.1. The molecule has 0 aliphatic carbocycles. The Labute approximate surface area is 146 Å². The van der Waals surface area contributed by atoms with Crippen LogP contribution in [0.15, 0.2) is 12.1 Å². The van der Waals surface area contributed by atoms with Crippen molar-refractivity contribution in [2.75, 3.05) is 0 Å². The van der Waals surface area contributed by atoms with Crippen molar-refractivity contribution < 1.29 is 18.7 Å². The monoisotopic (exact) mass is 347 g/mol. The molecule has 0 saturated carbocycles. The number of carboxylic acid groups (broad SMARTS) is 1. The van der Waals surface area contributed by atoms with Gasteiger partial charge < -0.3 is 10.8 Å². The predicted octanol–water partition coefficient (Wildman–Crippen LogP) is 4.65. The first-order valence-corrected chi connectivity index (χ1v) is 8.09. The lowest BCUT2D eigenvalue weighted by Crippen LogP contribution is -2.19. The Morgan fingerprint density at radius 1 is 1.00 bits per heavy atom. The van der Waals surface area contributed by atoms with E-state index in [0.717, 1.165) is 22.3 Å². The molecule has 5 heteroatoms. The maximum absolute atomic E-state index is 15.2. The van der Waals surface area contributed by atoms with Crippen molar-refractivity contribution in [3.05, 3.63) is 57.1 Å². The summed E-state index contributed by atoms with van der Waals surface area (Å²) in [5.74, 6) is -2.77. The second-order valence-electron chi connectivity index (χ2n) is 6.62. The molecule has 0 aromatic heterocycles. The number of carbonyl (C=O) groups is 1. The van der Waals surface area contributed by atoms with Gasteiger partial charge in [0.2, 0.25) is 0 Å². The smallest absolute Gasteiger partial charge is 0.305 e. The summed E-state index contributed by atoms with van der Waals surface area (Å²) < 4.78 is 29.7. The van der Waals surface area contributed by atoms with Gasteiger partial charge in [0.1, 0.15) is 11.6 Å². The summed E-state index contributed by atoms with van der Waals surface area (Å²) in [6.07, 6.45) is -0.540. The molecule has 134 valence electrons. The lowest BCUT2D eigenvalue weighted by molar-refractivity contribution is -0.137. The van der Waals surface area contributed by atoms with Crippen LogP contribution in [0.4, 0.5) is 8.78 Å². The van der Waals surface area contributed by atoms with Gasteiger partial charge >= 0.3 is 5.97 Å². The summed E-state index contributed by atoms with van der Waals surface area (Å²) in [5.41, 5.74) is 10.5. The number of aliphatic carboxylic acids is 1. The van der Waals surface area contributed by atoms with E-state index < -0.39 is 30.1 Å². The lowest BCUT2D eigenvalue weighted by Gasteiger charge is -2.20. The maximum Gasteiger partial charge on any atom is 0.305 e. The molecular formula is C20H23F2NO2. The molecule has 0 aliphatic heterocycles. The van der Waals surface area contributed by atoms with E-state index >= 15 is 4.39 Å². The summed E-state index contributed by atoms with van der Waals surface area (Å²) >= 11 is 0. The van der Waals surface area contributed by atoms with Gasteiger partial charge in [-0.3, -0.25) is 4.79 Å². The molecule has 0 fully saturated rings. The van der Waals surface area contributed by atoms with Crippen LogP contribution in [-0.4, -0.2) is 11.1 Å². The van der Waals surface area contributed by atoms with E-state index in [0.29, 0.717) is 5.56 Å². The van der Waals surface area contributed by atoms with Crippen molar-refractivity contribution in [2.24, 2.45) is 5.73 Å². The van der Waals surface area contributed by atoms with Crippen molar-refractivity contribution >= 4 is 5.97 Å². The standard InChI is InChI=1S/C20H23F2NO2/c1-9-6-10(2)13(5)17(12(9)4)14-7-11(3)19(21)18(20(14)22)15(23)8-16(24)25/h6-7,15H,8,23H2,1-5H3,(H,24,25). The number of halogens is 2. The molecule has 0 bridgehead atoms. The summed E-state index contributed by atoms with van der Waals surface area (Å²) in [4.78, 5) is 10.9. The van der Waals surface area contributed by atoms with Gasteiger partial charge in [0, 0.05) is 17.2 Å². The molecule has 0 aliphatic rings. The maximum atomic E-state index is 15.2. The van der Waals surface area contributed by atoms with Gasteiger partial charge in [-0.1, -0.05) is 6.07 Å². The van der Waals surface area contributed by atoms with Crippen molar-refractivity contribution in [2.45, 2.75) is 47.1 Å². The zero-order chi connectivity index (χ0) is 19.0. The molecule has 0 spiro atoms. The van der Waals surface area contributed by atoms with Crippen LogP contribution in [-0.2, 0) is 4.79 Å². The summed E-state index contributed by atoms with van der Waals surface area (Å²) in [6.45, 7) is 9.20. The van der Waals surface area contributed by atoms with Crippen LogP contribution in [0.1, 0.15) is 45.8 Å². The minimum absolute atomic E-state index is 0.241. The highest BCUT2D eigenvalue weighted by Gasteiger charge is 2.25. The average Bonchev–Trinajstić information content (AvgIpc) is 2.50. The molecule has 1 unspecified atom stereocenters. The van der Waals surface area contributed by atoms with Crippen LogP contribution in [0.2, 0.25) is 0 Å². The van der Waals surface area contributed by atoms with E-state index in [2.05, 4.69) is 0 Å². The number of hydrogen-bond acceptors (Lipinski definition) is 2. The van der Waals surface area contributed by atoms with Gasteiger partial charge in [-0.25, -0.2) is 8.78 Å². The van der Waals surface area contributed by atoms with Crippen LogP contribution >= 0.6 is 0 Å². The minimum atomic E-state index is -1.25. The van der Waals surface area contributed by atoms with Crippen LogP contribution in [0.5, 0.6) is 0 Å². The van der Waals surface area contributed by atoms with Crippen LogP contribution in [0, 0.1) is 46.3 Å². The van der Waals surface area contributed by atoms with Crippen molar-refractivity contribution in [1.82, 2.24) is 0 Å². The van der Waals surface area contributed by atoms with Crippen molar-refractivity contribution in [1.29, 1.82) is 0 Å². The molecular weight excluding hydrogens is 324 g/mol. The fourth-order valence-electron chi connectivity index (χ4n) is 3.22. The van der Waals surface area contributed by atoms with E-state index in [1.54, 1.807) is 0 Å². The van der Waals surface area contributed by atoms with Gasteiger partial charge in [-0.2, -0.15) is 0 Å². The third kappa shape index (κ3) is 3.42. The summed E-state index contributed by atoms with van der Waals surface area (Å²) in [5, 5.41) is 8.92. The zero-order valence-electron chi connectivity index (χ0n) is 15.1. The van der Waals surface area contributed by atoms with Gasteiger partial charge in [0.25, 0.3) is 0 Å². The lowest BCUT2D eigenvalue weighted by atomic mass is 9.86. The number of rotatable bonds is 4. The van der Waals surface area contributed by atoms with E-state index in [-0.39, 0.29) is 16.7 Å². The number of nitrogens with two attached hydrogens (primary N) is 1. The SMILES string of the molecule is Cc1cc(C)c(C)c(-c2cc(C)c(F)c(C(N)CC(=O)O)c2F)c1C. The number of hydrogen-bond donors (Lipinski definition) is 2. The molecule has 1 atom stereocenters. The Balaban J connectivity index is 2.82. The van der Waals surface area contributed by atoms with Gasteiger partial charge in [-0.15, -0.1) is 0 Å². The van der Waals surface area contributed by atoms with Gasteiger partial charge in [0.15, 0.2) is 0 Å². The normalized spacial score (nSPS) is 12.3.